The van der Waals surface area contributed by atoms with Crippen LogP contribution in [0.4, 0.5) is 5.69 Å². The van der Waals surface area contributed by atoms with E-state index in [1.54, 1.807) is 19.9 Å². The number of ether oxygens (including phenoxy) is 6. The number of phenols is 3. The maximum atomic E-state index is 16.3. The molecule has 0 spiro atoms. The lowest BCUT2D eigenvalue weighted by Gasteiger charge is -2.48. The first kappa shape index (κ1) is 90.4. The highest BCUT2D eigenvalue weighted by Gasteiger charge is 2.52. The molecule has 16 unspecified atom stereocenters. The minimum atomic E-state index is -2.38. The van der Waals surface area contributed by atoms with Crippen molar-refractivity contribution >= 4 is 105 Å². The monoisotopic (exact) mass is 1770 g/mol. The zero-order valence-electron chi connectivity index (χ0n) is 65.8. The van der Waals surface area contributed by atoms with Gasteiger partial charge in [-0.1, -0.05) is 85.4 Å². The van der Waals surface area contributed by atoms with Crippen LogP contribution in [0.3, 0.4) is 0 Å². The van der Waals surface area contributed by atoms with Gasteiger partial charge in [-0.15, -0.1) is 0 Å². The number of rotatable bonds is 20. The Morgan fingerprint density at radius 3 is 1.97 bits per heavy atom. The molecular formula is C81H89Cl4N13O24. The fourth-order valence-electron chi connectivity index (χ4n) is 14.7. The molecule has 14 rings (SSSR count). The number of hydrazine groups is 1. The third kappa shape index (κ3) is 20.3. The predicted molar refractivity (Wildman–Crippen MR) is 435 cm³/mol. The molecule has 0 saturated carbocycles. The molecule has 41 heteroatoms. The van der Waals surface area contributed by atoms with Crippen LogP contribution in [-0.4, -0.2) is 203 Å². The lowest BCUT2D eigenvalue weighted by molar-refractivity contribution is -0.334. The van der Waals surface area contributed by atoms with Crippen molar-refractivity contribution in [3.8, 4) is 57.1 Å². The highest BCUT2D eigenvalue weighted by Crippen LogP contribution is 2.50. The van der Waals surface area contributed by atoms with Crippen molar-refractivity contribution in [2.45, 2.75) is 170 Å². The topological polar surface area (TPSA) is 562 Å². The second-order valence-electron chi connectivity index (χ2n) is 30.4. The maximum absolute atomic E-state index is 16.3. The Labute approximate surface area is 715 Å². The summed E-state index contributed by atoms with van der Waals surface area (Å²) in [5, 5.41) is 130. The summed E-state index contributed by atoms with van der Waals surface area (Å²) in [6.07, 6.45) is -16.5. The van der Waals surface area contributed by atoms with Gasteiger partial charge in [0.2, 0.25) is 53.4 Å². The number of halogens is 4. The molecule has 7 aromatic rings. The number of anilines is 1. The van der Waals surface area contributed by atoms with E-state index >= 15 is 24.0 Å². The van der Waals surface area contributed by atoms with Gasteiger partial charge in [0.05, 0.1) is 46.9 Å². The normalized spacial score (nSPS) is 26.3. The summed E-state index contributed by atoms with van der Waals surface area (Å²) in [6.45, 7) is 7.44. The number of aliphatic hydroxyl groups is 6. The van der Waals surface area contributed by atoms with E-state index in [-0.39, 0.29) is 80.5 Å². The molecule has 1 aromatic heterocycles. The van der Waals surface area contributed by atoms with Crippen molar-refractivity contribution in [3.05, 3.63) is 175 Å². The van der Waals surface area contributed by atoms with Gasteiger partial charge in [0.25, 0.3) is 11.8 Å². The standard InChI is InChI=1S/C81H89Cl4N13O24/c1-7-90-98-79(116)62-45-24-43(100)25-51(102)59(45)44-16-35(8-11-50(44)101)60-75(112)97-64(78(115)95-62)66(105)37-10-13-53(47(85)18-37)119-55-20-38-19-54(118-52-12-9-36(17-46(52)84)65(104)63(96-73(110)48(87-6)14-32(2)3)77(114)92-49(26-57(86)103)74(111)93-61(38)76(113)94-60)69(55)122-80-70(68(107)67(106)56(31-99)120-80)121-58-27-81(5,71(108)33(4)117-58)89-29-34-15-39(30-88-28-34)72(109)91-42-22-40(82)21-41(83)23-42/h8-13,15-25,28,30,32-33,48-49,56,58,60-68,70-71,80,87,89-90,99-102,104-108H,7,14,26-27,29,31H2,1-6H3,(H2,86,103)(H,91,109)(H,92,114)(H,93,111)(H,94,113)(H,95,115)(H,96,110)(H,97,112)(H,98,116)/t33?,48?,49?,56?,58?,60?,61?,62-,63?,64?,65?,66?,67?,68?,70?,71?,80?,81-/m1/s1. The maximum Gasteiger partial charge on any atom is 0.261 e. The Morgan fingerprint density at radius 2 is 1.34 bits per heavy atom. The second kappa shape index (κ2) is 38.3. The number of hydrogen-bond donors (Lipinski definition) is 21. The third-order valence-corrected chi connectivity index (χ3v) is 22.0. The van der Waals surface area contributed by atoms with Crippen molar-refractivity contribution in [2.24, 2.45) is 11.7 Å². The van der Waals surface area contributed by atoms with Gasteiger partial charge < -0.3 is 128 Å². The zero-order chi connectivity index (χ0) is 88.2. The number of nitrogens with one attached hydrogen (secondary N) is 11. The lowest BCUT2D eigenvalue weighted by Crippen LogP contribution is -2.65. The molecule has 11 bridgehead atoms. The summed E-state index contributed by atoms with van der Waals surface area (Å²) < 4.78 is 39.5. The van der Waals surface area contributed by atoms with Crippen LogP contribution in [0.25, 0.3) is 11.1 Å². The Balaban J connectivity index is 1.03. The third-order valence-electron chi connectivity index (χ3n) is 21.0. The summed E-state index contributed by atoms with van der Waals surface area (Å²) in [7, 11) is 1.47. The first-order chi connectivity index (χ1) is 57.9. The number of carbonyl (C=O) groups excluding carboxylic acids is 9. The Morgan fingerprint density at radius 1 is 0.697 bits per heavy atom. The molecule has 18 atom stereocenters. The number of aromatic nitrogens is 1. The molecule has 122 heavy (non-hydrogen) atoms. The Hall–Kier alpha value is -10.8. The fraction of sp³-hybridized carbons (Fsp3) is 0.383. The molecule has 0 aliphatic carbocycles. The molecule has 22 N–H and O–H groups in total. The zero-order valence-corrected chi connectivity index (χ0v) is 68.8. The van der Waals surface area contributed by atoms with Crippen LogP contribution < -0.4 is 78.6 Å². The summed E-state index contributed by atoms with van der Waals surface area (Å²) >= 11 is 26.8. The van der Waals surface area contributed by atoms with Crippen molar-refractivity contribution in [1.29, 1.82) is 0 Å². The summed E-state index contributed by atoms with van der Waals surface area (Å²) in [5.74, 6) is -15.6. The first-order valence-corrected chi connectivity index (χ1v) is 39.9. The highest BCUT2D eigenvalue weighted by atomic mass is 35.5. The SMILES string of the molecule is CCNNC(=O)[C@@H]1NC(=O)C2NC(=O)C(NC(=O)C3NC(=O)C(CC(N)=O)NC(=O)C(NC(=O)C(CC(C)C)NC)C(O)c4ccc(c(Cl)c4)Oc4cc3cc(c4OC3OC(CO)C(O)C(O)C3OC3C[C@@](C)(NCc4cncc(C(=O)Nc5cc(Cl)cc(Cl)c5)c4)C(O)C(C)O3)Oc3ccc(cc3Cl)C2O)c2ccc(O)c(c2)-c2c(O)cc(O)cc21. The average Bonchev–Trinajstić information content (AvgIpc) is 0.777. The van der Waals surface area contributed by atoms with E-state index in [9.17, 15) is 65.1 Å². The van der Waals surface area contributed by atoms with Crippen molar-refractivity contribution in [1.82, 2.24) is 58.4 Å². The smallest absolute Gasteiger partial charge is 0.261 e. The number of nitrogens with zero attached hydrogens (tertiary/aromatic N) is 1. The van der Waals surface area contributed by atoms with Crippen molar-refractivity contribution in [3.63, 3.8) is 0 Å². The number of nitrogens with two attached hydrogens (primary N) is 1. The minimum Gasteiger partial charge on any atom is -0.508 e. The Kier molecular flexibility index (Phi) is 28.4. The van der Waals surface area contributed by atoms with Crippen LogP contribution >= 0.6 is 46.4 Å². The first-order valence-electron chi connectivity index (χ1n) is 38.4. The number of phenolic OH excluding ortho intramolecular Hbond substituents is 3. The fourth-order valence-corrected chi connectivity index (χ4v) is 15.7. The van der Waals surface area contributed by atoms with E-state index in [2.05, 4.69) is 63.7 Å². The Bertz CT molecular complexity index is 5180. The predicted octanol–water partition coefficient (Wildman–Crippen LogP) is 3.45. The van der Waals surface area contributed by atoms with Crippen LogP contribution in [0.5, 0.6) is 46.0 Å². The average molecular weight is 1770 g/mol. The highest BCUT2D eigenvalue weighted by molar-refractivity contribution is 6.35. The van der Waals surface area contributed by atoms with E-state index in [1.807, 2.05) is 13.8 Å². The van der Waals surface area contributed by atoms with Crippen LogP contribution in [0.15, 0.2) is 116 Å². The number of benzene rings is 6. The molecule has 650 valence electrons. The van der Waals surface area contributed by atoms with Crippen LogP contribution in [0, 0.1) is 5.92 Å². The summed E-state index contributed by atoms with van der Waals surface area (Å²) in [5.41, 5.74) is 7.83. The van der Waals surface area contributed by atoms with Crippen LogP contribution in [0.2, 0.25) is 20.1 Å². The number of primary amides is 1. The van der Waals surface area contributed by atoms with Gasteiger partial charge in [0.1, 0.15) is 95.5 Å². The molecular weight excluding hydrogens is 1680 g/mol. The van der Waals surface area contributed by atoms with Crippen molar-refractivity contribution in [2.75, 3.05) is 25.5 Å². The number of amides is 9. The minimum absolute atomic E-state index is 0.0453. The van der Waals surface area contributed by atoms with E-state index in [0.29, 0.717) is 11.3 Å². The molecule has 7 aliphatic heterocycles. The number of aliphatic hydroxyl groups excluding tert-OH is 6. The molecule has 7 aliphatic rings. The molecule has 6 aromatic carbocycles. The number of carbonyl (C=O) groups is 9. The lowest BCUT2D eigenvalue weighted by atomic mass is 9.84. The number of likely N-dealkylation sites (N-methyl/N-ethyl adjacent to an activating group) is 1. The van der Waals surface area contributed by atoms with Crippen LogP contribution in [-0.2, 0) is 59.1 Å². The van der Waals surface area contributed by atoms with Gasteiger partial charge in [-0.2, -0.15) is 0 Å². The van der Waals surface area contributed by atoms with Gasteiger partial charge in [0, 0.05) is 70.4 Å². The number of pyridine rings is 1. The van der Waals surface area contributed by atoms with Crippen molar-refractivity contribution < 1.29 is 118 Å². The van der Waals surface area contributed by atoms with Gasteiger partial charge in [-0.25, -0.2) is 5.43 Å². The molecule has 8 heterocycles. The quantitative estimate of drug-likeness (QED) is 0.0486. The number of aromatic hydroxyl groups is 3. The van der Waals surface area contributed by atoms with Crippen LogP contribution in [0.1, 0.15) is 128 Å². The van der Waals surface area contributed by atoms with E-state index < -0.39 is 237 Å². The number of hydrogen-bond acceptors (Lipinski definition) is 28. The number of fused-ring (bicyclic) bond motifs is 15. The van der Waals surface area contributed by atoms with E-state index in [4.69, 9.17) is 80.6 Å². The molecule has 2 fully saturated rings. The van der Waals surface area contributed by atoms with E-state index in [1.165, 1.54) is 62.8 Å². The summed E-state index contributed by atoms with van der Waals surface area (Å²) in [4.78, 5) is 138. The second-order valence-corrected chi connectivity index (χ2v) is 32.0. The molecule has 0 radical (unpaired) electrons. The van der Waals surface area contributed by atoms with Gasteiger partial charge in [-0.05, 0) is 145 Å². The molecule has 37 nitrogen and oxygen atoms in total. The molecule has 9 amide bonds. The summed E-state index contributed by atoms with van der Waals surface area (Å²) in [6, 6.07) is 5.99. The molecule has 2 saturated heterocycles. The largest absolute Gasteiger partial charge is 0.508 e. The van der Waals surface area contributed by atoms with Gasteiger partial charge in [0.15, 0.2) is 23.9 Å². The van der Waals surface area contributed by atoms with E-state index in [0.717, 1.165) is 60.7 Å². The van der Waals surface area contributed by atoms with Gasteiger partial charge in [-0.3, -0.25) is 53.6 Å². The van der Waals surface area contributed by atoms with Gasteiger partial charge >= 0.3 is 0 Å².